The summed E-state index contributed by atoms with van der Waals surface area (Å²) in [5.74, 6) is -4.56. The van der Waals surface area contributed by atoms with E-state index in [9.17, 15) is 52.4 Å². The molecule has 0 aromatic heterocycles. The Labute approximate surface area is 285 Å². The Balaban J connectivity index is 2.27. The van der Waals surface area contributed by atoms with Crippen LogP contribution >= 0.6 is 0 Å². The summed E-state index contributed by atoms with van der Waals surface area (Å²) in [6.45, 7) is -1.91. The average molecular weight is 770 g/mol. The number of amides is 1. The molecule has 10 nitrogen and oxygen atoms in total. The maximum absolute atomic E-state index is 15.3. The molecule has 1 amide bonds. The number of rotatable bonds is 11. The van der Waals surface area contributed by atoms with Gasteiger partial charge in [-0.05, 0) is 35.9 Å². The molecule has 0 fully saturated rings. The van der Waals surface area contributed by atoms with Crippen molar-refractivity contribution in [3.8, 4) is 24.8 Å². The number of benzene rings is 2. The van der Waals surface area contributed by atoms with Crippen LogP contribution < -0.4 is 14.8 Å². The van der Waals surface area contributed by atoms with Gasteiger partial charge in [0.15, 0.2) is 0 Å². The van der Waals surface area contributed by atoms with Crippen LogP contribution in [-0.4, -0.2) is 64.1 Å². The molecule has 2 atom stereocenters. The van der Waals surface area contributed by atoms with Crippen LogP contribution in [0.3, 0.4) is 0 Å². The van der Waals surface area contributed by atoms with Crippen molar-refractivity contribution in [3.05, 3.63) is 88.3 Å². The summed E-state index contributed by atoms with van der Waals surface area (Å²) in [5.41, 5.74) is -8.56. The molecule has 2 aromatic carbocycles. The summed E-state index contributed by atoms with van der Waals surface area (Å²) in [5, 5.41) is 2.35. The fraction of sp³-hybridized carbons (Fsp3) is 0.267. The third-order valence-electron chi connectivity index (χ3n) is 6.73. The molecule has 1 aliphatic rings. The van der Waals surface area contributed by atoms with Crippen LogP contribution in [0.4, 0.5) is 45.2 Å². The van der Waals surface area contributed by atoms with Gasteiger partial charge in [-0.15, -0.1) is 6.42 Å². The molecule has 3 rings (SSSR count). The molecule has 0 spiro atoms. The molecule has 1 aliphatic heterocycles. The fourth-order valence-corrected chi connectivity index (χ4v) is 5.81. The molecular weight excluding hydrogens is 745 g/mol. The lowest BCUT2D eigenvalue weighted by Crippen LogP contribution is -2.46. The zero-order valence-corrected chi connectivity index (χ0v) is 27.6. The van der Waals surface area contributed by atoms with E-state index in [4.69, 9.17) is 12.8 Å². The number of hydrogen-bond donors (Lipinski definition) is 3. The minimum atomic E-state index is -5.34. The fourth-order valence-electron chi connectivity index (χ4n) is 4.58. The van der Waals surface area contributed by atoms with E-state index in [1.54, 1.807) is 10.6 Å². The average Bonchev–Trinajstić information content (AvgIpc) is 2.97. The molecule has 0 radical (unpaired) electrons. The third kappa shape index (κ3) is 10.5. The molecule has 274 valence electrons. The number of alkyl halides is 6. The molecule has 2 unspecified atom stereocenters. The van der Waals surface area contributed by atoms with Gasteiger partial charge in [-0.3, -0.25) is 14.5 Å². The lowest BCUT2D eigenvalue weighted by Gasteiger charge is -2.33. The number of allylic oxidation sites excluding steroid dienone is 1. The highest BCUT2D eigenvalue weighted by Gasteiger charge is 2.40. The predicted molar refractivity (Wildman–Crippen MR) is 167 cm³/mol. The van der Waals surface area contributed by atoms with Crippen LogP contribution in [0.2, 0.25) is 0 Å². The van der Waals surface area contributed by atoms with Gasteiger partial charge in [0, 0.05) is 29.3 Å². The molecular formula is C30H24F9N5O5S2. The largest absolute Gasteiger partial charge is 0.432 e. The lowest BCUT2D eigenvalue weighted by molar-refractivity contribution is -0.140. The smallest absolute Gasteiger partial charge is 0.331 e. The van der Waals surface area contributed by atoms with E-state index in [2.05, 4.69) is 10.3 Å². The van der Waals surface area contributed by atoms with E-state index < -0.39 is 114 Å². The Bertz CT molecular complexity index is 2120. The summed E-state index contributed by atoms with van der Waals surface area (Å²) in [7, 11) is -8.65. The Morgan fingerprint density at radius 3 is 2.12 bits per heavy atom. The number of sulfonamides is 2. The number of carbonyl (C=O) groups excluding carboxylic acids is 1. The van der Waals surface area contributed by atoms with Crippen LogP contribution in [0.25, 0.3) is 0 Å². The molecule has 0 aliphatic carbocycles. The normalized spacial score (nSPS) is 17.3. The summed E-state index contributed by atoms with van der Waals surface area (Å²) in [6, 6.07) is 3.43. The Morgan fingerprint density at radius 2 is 1.63 bits per heavy atom. The van der Waals surface area contributed by atoms with E-state index in [1.165, 1.54) is 0 Å². The van der Waals surface area contributed by atoms with Crippen LogP contribution in [-0.2, 0) is 37.6 Å². The Kier molecular flexibility index (Phi) is 11.7. The maximum atomic E-state index is 15.3. The van der Waals surface area contributed by atoms with Crippen molar-refractivity contribution < 1.29 is 61.1 Å². The number of anilines is 1. The highest BCUT2D eigenvalue weighted by Crippen LogP contribution is 2.37. The first-order chi connectivity index (χ1) is 23.3. The van der Waals surface area contributed by atoms with Gasteiger partial charge in [-0.25, -0.2) is 30.0 Å². The second-order valence-corrected chi connectivity index (χ2v) is 14.3. The quantitative estimate of drug-likeness (QED) is 0.104. The molecule has 0 bridgehead atoms. The zero-order chi connectivity index (χ0) is 38.7. The molecule has 1 heterocycles. The number of nitrogens with zero attached hydrogens (tertiary/aromatic N) is 2. The van der Waals surface area contributed by atoms with Gasteiger partial charge >= 0.3 is 12.4 Å². The summed E-state index contributed by atoms with van der Waals surface area (Å²) in [4.78, 5) is 17.6. The van der Waals surface area contributed by atoms with Gasteiger partial charge in [0.2, 0.25) is 26.0 Å². The lowest BCUT2D eigenvalue weighted by atomic mass is 9.95. The number of dihydropyridines is 1. The van der Waals surface area contributed by atoms with Gasteiger partial charge in [0.1, 0.15) is 40.4 Å². The maximum Gasteiger partial charge on any atom is 0.432 e. The summed E-state index contributed by atoms with van der Waals surface area (Å²) < 4.78 is 177. The molecule has 0 saturated heterocycles. The highest BCUT2D eigenvalue weighted by atomic mass is 32.2. The van der Waals surface area contributed by atoms with Crippen molar-refractivity contribution in [3.63, 3.8) is 0 Å². The third-order valence-corrected chi connectivity index (χ3v) is 7.97. The second-order valence-electron chi connectivity index (χ2n) is 10.8. The van der Waals surface area contributed by atoms with E-state index in [0.29, 0.717) is 47.8 Å². The minimum absolute atomic E-state index is 0.186. The number of hydrogen-bond acceptors (Lipinski definition) is 7. The van der Waals surface area contributed by atoms with Crippen molar-refractivity contribution in [1.82, 2.24) is 14.9 Å². The van der Waals surface area contributed by atoms with E-state index in [0.717, 1.165) is 12.2 Å². The molecule has 2 aromatic rings. The second kappa shape index (κ2) is 14.7. The molecule has 21 heteroatoms. The van der Waals surface area contributed by atoms with Gasteiger partial charge in [-0.2, -0.15) is 31.1 Å². The number of nitrogens with one attached hydrogen (secondary N) is 3. The number of halogens is 9. The van der Waals surface area contributed by atoms with Gasteiger partial charge < -0.3 is 10.2 Å². The standard InChI is InChI=1S/C30H24F9N5O5S2/c1-5-17-11-18(12-22(33)26(17)30(37,38)39)27(43-51(4,48)49)44(15-19-13-21(32)23(14-20(19)31)42-50(3,46)47)25(45)8-10-28(41-6-2)9-7-24(40-16-28)29(34,35)36/h1-2,7-14,27,41-43H,15-16H2,3-4H3. The Hall–Kier alpha value is -4.99. The zero-order valence-electron chi connectivity index (χ0n) is 25.9. The van der Waals surface area contributed by atoms with Crippen molar-refractivity contribution in [2.24, 2.45) is 4.99 Å². The summed E-state index contributed by atoms with van der Waals surface area (Å²) >= 11 is 0. The van der Waals surface area contributed by atoms with Crippen LogP contribution in [0.15, 0.2) is 53.6 Å². The summed E-state index contributed by atoms with van der Waals surface area (Å²) in [6.07, 6.45) is 2.06. The molecule has 51 heavy (non-hydrogen) atoms. The van der Waals surface area contributed by atoms with Crippen LogP contribution in [0.5, 0.6) is 0 Å². The molecule has 3 N–H and O–H groups in total. The topological polar surface area (TPSA) is 137 Å². The van der Waals surface area contributed by atoms with Crippen molar-refractivity contribution in [1.29, 1.82) is 0 Å². The molecule has 0 saturated carbocycles. The predicted octanol–water partition coefficient (Wildman–Crippen LogP) is 4.10. The first kappa shape index (κ1) is 40.4. The van der Waals surface area contributed by atoms with Crippen molar-refractivity contribution in [2.75, 3.05) is 23.8 Å². The Morgan fingerprint density at radius 1 is 0.980 bits per heavy atom. The van der Waals surface area contributed by atoms with Crippen molar-refractivity contribution in [2.45, 2.75) is 30.6 Å². The van der Waals surface area contributed by atoms with E-state index >= 15 is 8.78 Å². The monoisotopic (exact) mass is 769 g/mol. The number of carbonyl (C=O) groups is 1. The van der Waals surface area contributed by atoms with Gasteiger partial charge in [-0.1, -0.05) is 18.4 Å². The van der Waals surface area contributed by atoms with Gasteiger partial charge in [0.05, 0.1) is 31.3 Å². The van der Waals surface area contributed by atoms with Crippen LogP contribution in [0.1, 0.15) is 28.4 Å². The van der Waals surface area contributed by atoms with Crippen LogP contribution in [0, 0.1) is 42.3 Å². The van der Waals surface area contributed by atoms with Gasteiger partial charge in [0.25, 0.3) is 0 Å². The number of aliphatic imine (C=N–C) groups is 1. The number of terminal acetylenes is 2. The SMILES string of the molecule is C#CNC1(C=CC(=O)N(Cc2cc(F)c(NS(C)(=O)=O)cc2F)C(NS(C)(=O)=O)c2cc(F)c(C(F)(F)F)c(C#C)c2)C=CC(C(F)(F)F)=NC1. The highest BCUT2D eigenvalue weighted by molar-refractivity contribution is 7.92. The van der Waals surface area contributed by atoms with Crippen molar-refractivity contribution >= 4 is 37.4 Å². The first-order valence-corrected chi connectivity index (χ1v) is 17.4. The van der Waals surface area contributed by atoms with E-state index in [1.807, 2.05) is 10.8 Å². The van der Waals surface area contributed by atoms with E-state index in [-0.39, 0.29) is 6.07 Å². The first-order valence-electron chi connectivity index (χ1n) is 13.6. The minimum Gasteiger partial charge on any atom is -0.331 e.